The number of carbonyl (C=O) groups is 2. The summed E-state index contributed by atoms with van der Waals surface area (Å²) in [4.78, 5) is 23.7. The van der Waals surface area contributed by atoms with Crippen LogP contribution in [0.25, 0.3) is 0 Å². The molecule has 0 N–H and O–H groups in total. The Morgan fingerprint density at radius 3 is 2.35 bits per heavy atom. The smallest absolute Gasteiger partial charge is 0.346 e. The average Bonchev–Trinajstić information content (AvgIpc) is 2.42. The number of benzene rings is 2. The van der Waals surface area contributed by atoms with E-state index in [4.69, 9.17) is 4.74 Å². The molecule has 0 atom stereocenters. The van der Waals surface area contributed by atoms with Gasteiger partial charge in [0.1, 0.15) is 0 Å². The summed E-state index contributed by atoms with van der Waals surface area (Å²) in [6, 6.07) is 14.6. The highest BCUT2D eigenvalue weighted by Gasteiger charge is 2.16. The van der Waals surface area contributed by atoms with Crippen LogP contribution in [0.15, 0.2) is 48.5 Å². The van der Waals surface area contributed by atoms with Gasteiger partial charge in [-0.25, -0.2) is 4.79 Å². The zero-order valence-corrected chi connectivity index (χ0v) is 11.6. The van der Waals surface area contributed by atoms with Gasteiger partial charge in [-0.3, -0.25) is 4.79 Å². The first-order valence-electron chi connectivity index (χ1n) is 6.43. The first-order valence-corrected chi connectivity index (χ1v) is 6.43. The van der Waals surface area contributed by atoms with Gasteiger partial charge in [0.05, 0.1) is 12.0 Å². The Morgan fingerprint density at radius 2 is 1.65 bits per heavy atom. The van der Waals surface area contributed by atoms with Crippen LogP contribution in [0.4, 0.5) is 0 Å². The van der Waals surface area contributed by atoms with E-state index in [1.54, 1.807) is 12.1 Å². The third-order valence-electron chi connectivity index (χ3n) is 3.22. The van der Waals surface area contributed by atoms with Gasteiger partial charge in [-0.1, -0.05) is 42.5 Å². The van der Waals surface area contributed by atoms with Crippen LogP contribution in [-0.2, 0) is 16.0 Å². The molecule has 0 aromatic heterocycles. The van der Waals surface area contributed by atoms with Crippen molar-refractivity contribution in [1.82, 2.24) is 0 Å². The molecule has 0 unspecified atom stereocenters. The summed E-state index contributed by atoms with van der Waals surface area (Å²) in [5.74, 6) is -1.13. The van der Waals surface area contributed by atoms with Crippen LogP contribution < -0.4 is 0 Å². The third-order valence-corrected chi connectivity index (χ3v) is 3.22. The van der Waals surface area contributed by atoms with E-state index in [0.29, 0.717) is 5.56 Å². The molecule has 0 fully saturated rings. The van der Waals surface area contributed by atoms with E-state index in [0.717, 1.165) is 16.7 Å². The molecule has 0 bridgehead atoms. The Morgan fingerprint density at radius 1 is 0.950 bits per heavy atom. The van der Waals surface area contributed by atoms with E-state index in [1.807, 2.05) is 50.2 Å². The van der Waals surface area contributed by atoms with Crippen molar-refractivity contribution < 1.29 is 14.3 Å². The molecule has 0 saturated carbocycles. The summed E-state index contributed by atoms with van der Waals surface area (Å²) >= 11 is 0. The number of esters is 2. The minimum atomic E-state index is -0.591. The van der Waals surface area contributed by atoms with E-state index in [2.05, 4.69) is 0 Å². The topological polar surface area (TPSA) is 43.4 Å². The molecular formula is C17H16O3. The number of aryl methyl sites for hydroxylation is 1. The van der Waals surface area contributed by atoms with E-state index in [1.165, 1.54) is 0 Å². The lowest BCUT2D eigenvalue weighted by Gasteiger charge is -2.07. The molecule has 0 aliphatic rings. The van der Waals surface area contributed by atoms with Gasteiger partial charge < -0.3 is 4.74 Å². The second kappa shape index (κ2) is 6.15. The zero-order valence-electron chi connectivity index (χ0n) is 11.6. The molecule has 2 rings (SSSR count). The first-order chi connectivity index (χ1) is 9.58. The second-order valence-corrected chi connectivity index (χ2v) is 4.67. The fourth-order valence-corrected chi connectivity index (χ4v) is 1.93. The SMILES string of the molecule is Cc1cccc(C(=O)OC(=O)Cc2ccccc2)c1C. The van der Waals surface area contributed by atoms with Gasteiger partial charge in [0.2, 0.25) is 0 Å². The minimum Gasteiger partial charge on any atom is -0.389 e. The highest BCUT2D eigenvalue weighted by molar-refractivity contribution is 5.98. The van der Waals surface area contributed by atoms with Crippen molar-refractivity contribution in [3.8, 4) is 0 Å². The van der Waals surface area contributed by atoms with Crippen molar-refractivity contribution >= 4 is 11.9 Å². The number of ether oxygens (including phenoxy) is 1. The molecule has 3 heteroatoms. The summed E-state index contributed by atoms with van der Waals surface area (Å²) in [6.45, 7) is 3.76. The van der Waals surface area contributed by atoms with Gasteiger partial charge in [-0.15, -0.1) is 0 Å². The Bertz CT molecular complexity index is 630. The maximum Gasteiger partial charge on any atom is 0.346 e. The molecule has 0 amide bonds. The monoisotopic (exact) mass is 268 g/mol. The van der Waals surface area contributed by atoms with Gasteiger partial charge in [0, 0.05) is 0 Å². The maximum atomic E-state index is 12.0. The van der Waals surface area contributed by atoms with Crippen LogP contribution >= 0.6 is 0 Å². The molecule has 102 valence electrons. The molecule has 0 spiro atoms. The zero-order chi connectivity index (χ0) is 14.5. The molecule has 0 saturated heterocycles. The Balaban J connectivity index is 2.04. The molecule has 2 aromatic rings. The lowest BCUT2D eigenvalue weighted by atomic mass is 10.0. The summed E-state index contributed by atoms with van der Waals surface area (Å²) in [5.41, 5.74) is 3.10. The molecule has 0 heterocycles. The van der Waals surface area contributed by atoms with Gasteiger partial charge in [-0.05, 0) is 36.6 Å². The normalized spacial score (nSPS) is 10.1. The maximum absolute atomic E-state index is 12.0. The van der Waals surface area contributed by atoms with Crippen LogP contribution in [0, 0.1) is 13.8 Å². The van der Waals surface area contributed by atoms with E-state index >= 15 is 0 Å². The number of rotatable bonds is 3. The predicted molar refractivity (Wildman–Crippen MR) is 76.5 cm³/mol. The van der Waals surface area contributed by atoms with E-state index < -0.39 is 11.9 Å². The predicted octanol–water partition coefficient (Wildman–Crippen LogP) is 3.23. The molecule has 0 aliphatic heterocycles. The average molecular weight is 268 g/mol. The summed E-state index contributed by atoms with van der Waals surface area (Å²) < 4.78 is 4.90. The van der Waals surface area contributed by atoms with Gasteiger partial charge in [-0.2, -0.15) is 0 Å². The van der Waals surface area contributed by atoms with E-state index in [-0.39, 0.29) is 6.42 Å². The first kappa shape index (κ1) is 14.0. The van der Waals surface area contributed by atoms with Gasteiger partial charge in [0.15, 0.2) is 0 Å². The highest BCUT2D eigenvalue weighted by atomic mass is 16.6. The fourth-order valence-electron chi connectivity index (χ4n) is 1.93. The van der Waals surface area contributed by atoms with Crippen LogP contribution in [0.2, 0.25) is 0 Å². The van der Waals surface area contributed by atoms with Crippen LogP contribution in [0.5, 0.6) is 0 Å². The Labute approximate surface area is 118 Å². The minimum absolute atomic E-state index is 0.0947. The van der Waals surface area contributed by atoms with Crippen LogP contribution in [0.3, 0.4) is 0 Å². The quantitative estimate of drug-likeness (QED) is 0.634. The van der Waals surface area contributed by atoms with Crippen molar-refractivity contribution in [3.63, 3.8) is 0 Å². The lowest BCUT2D eigenvalue weighted by Crippen LogP contribution is -2.15. The van der Waals surface area contributed by atoms with Gasteiger partial charge >= 0.3 is 11.9 Å². The van der Waals surface area contributed by atoms with Crippen LogP contribution in [-0.4, -0.2) is 11.9 Å². The van der Waals surface area contributed by atoms with Crippen molar-refractivity contribution in [3.05, 3.63) is 70.8 Å². The number of hydrogen-bond donors (Lipinski definition) is 0. The third kappa shape index (κ3) is 3.32. The molecule has 3 nitrogen and oxygen atoms in total. The largest absolute Gasteiger partial charge is 0.389 e. The molecular weight excluding hydrogens is 252 g/mol. The Hall–Kier alpha value is -2.42. The van der Waals surface area contributed by atoms with Crippen molar-refractivity contribution in [1.29, 1.82) is 0 Å². The Kier molecular flexibility index (Phi) is 4.31. The fraction of sp³-hybridized carbons (Fsp3) is 0.176. The molecule has 2 aromatic carbocycles. The lowest BCUT2D eigenvalue weighted by molar-refractivity contribution is -0.137. The number of hydrogen-bond acceptors (Lipinski definition) is 3. The van der Waals surface area contributed by atoms with Crippen LogP contribution in [0.1, 0.15) is 27.0 Å². The molecule has 0 aliphatic carbocycles. The summed E-state index contributed by atoms with van der Waals surface area (Å²) in [6.07, 6.45) is 0.0947. The number of carbonyl (C=O) groups excluding carboxylic acids is 2. The summed E-state index contributed by atoms with van der Waals surface area (Å²) in [5, 5.41) is 0. The highest BCUT2D eigenvalue weighted by Crippen LogP contribution is 2.14. The van der Waals surface area contributed by atoms with Crippen molar-refractivity contribution in [2.45, 2.75) is 20.3 Å². The molecule has 20 heavy (non-hydrogen) atoms. The standard InChI is InChI=1S/C17H16O3/c1-12-7-6-10-15(13(12)2)17(19)20-16(18)11-14-8-4-3-5-9-14/h3-10H,11H2,1-2H3. The second-order valence-electron chi connectivity index (χ2n) is 4.67. The van der Waals surface area contributed by atoms with Crippen molar-refractivity contribution in [2.24, 2.45) is 0 Å². The van der Waals surface area contributed by atoms with Gasteiger partial charge in [0.25, 0.3) is 0 Å². The van der Waals surface area contributed by atoms with Crippen molar-refractivity contribution in [2.75, 3.05) is 0 Å². The van der Waals surface area contributed by atoms with E-state index in [9.17, 15) is 9.59 Å². The summed E-state index contributed by atoms with van der Waals surface area (Å²) in [7, 11) is 0. The molecule has 0 radical (unpaired) electrons.